The second-order valence-corrected chi connectivity index (χ2v) is 8.72. The van der Waals surface area contributed by atoms with Crippen LogP contribution in [0.15, 0.2) is 71.1 Å². The monoisotopic (exact) mass is 455 g/mol. The number of nitrogens with two attached hydrogens (primary N) is 1. The summed E-state index contributed by atoms with van der Waals surface area (Å²) >= 11 is 0. The molecule has 5 rings (SSSR count). The van der Waals surface area contributed by atoms with E-state index in [-0.39, 0.29) is 12.4 Å². The summed E-state index contributed by atoms with van der Waals surface area (Å²) in [7, 11) is 0. The molecular formula is C29H29NO4. The van der Waals surface area contributed by atoms with Gasteiger partial charge in [0.25, 0.3) is 0 Å². The first-order valence-electron chi connectivity index (χ1n) is 11.9. The Kier molecular flexibility index (Phi) is 6.37. The van der Waals surface area contributed by atoms with Gasteiger partial charge in [-0.25, -0.2) is 0 Å². The lowest BCUT2D eigenvalue weighted by Gasteiger charge is -2.12. The number of rotatable bonds is 9. The summed E-state index contributed by atoms with van der Waals surface area (Å²) in [6, 6.07) is 22.2. The van der Waals surface area contributed by atoms with Crippen LogP contribution in [0.25, 0.3) is 22.3 Å². The molecule has 0 spiro atoms. The van der Waals surface area contributed by atoms with Gasteiger partial charge in [-0.3, -0.25) is 4.79 Å². The number of hydrogen-bond acceptors (Lipinski definition) is 5. The number of benzene rings is 3. The number of ether oxygens (including phenoxy) is 2. The fourth-order valence-electron chi connectivity index (χ4n) is 4.35. The van der Waals surface area contributed by atoms with Crippen molar-refractivity contribution in [1.82, 2.24) is 0 Å². The number of esters is 1. The van der Waals surface area contributed by atoms with Crippen molar-refractivity contribution in [2.45, 2.75) is 45.3 Å². The van der Waals surface area contributed by atoms with Crippen molar-refractivity contribution in [3.63, 3.8) is 0 Å². The highest BCUT2D eigenvalue weighted by Crippen LogP contribution is 2.45. The molecule has 174 valence electrons. The van der Waals surface area contributed by atoms with E-state index in [9.17, 15) is 4.79 Å². The van der Waals surface area contributed by atoms with Gasteiger partial charge in [-0.15, -0.1) is 0 Å². The summed E-state index contributed by atoms with van der Waals surface area (Å²) in [6.45, 7) is 3.04. The predicted octanol–water partition coefficient (Wildman–Crippen LogP) is 6.12. The molecule has 2 N–H and O–H groups in total. The number of furan rings is 1. The molecule has 0 aliphatic heterocycles. The van der Waals surface area contributed by atoms with Crippen LogP contribution >= 0.6 is 0 Å². The maximum atomic E-state index is 12.0. The summed E-state index contributed by atoms with van der Waals surface area (Å²) < 4.78 is 17.7. The molecule has 1 fully saturated rings. The van der Waals surface area contributed by atoms with E-state index in [4.69, 9.17) is 19.6 Å². The minimum atomic E-state index is -0.256. The van der Waals surface area contributed by atoms with Crippen LogP contribution in [0.2, 0.25) is 0 Å². The first kappa shape index (κ1) is 22.2. The highest BCUT2D eigenvalue weighted by atomic mass is 16.5. The summed E-state index contributed by atoms with van der Waals surface area (Å²) in [5, 5.41) is 1.07. The molecule has 1 aromatic heterocycles. The van der Waals surface area contributed by atoms with Crippen molar-refractivity contribution in [1.29, 1.82) is 0 Å². The molecule has 0 bridgehead atoms. The zero-order chi connectivity index (χ0) is 23.5. The second kappa shape index (κ2) is 9.74. The van der Waals surface area contributed by atoms with Crippen molar-refractivity contribution in [3.8, 4) is 17.1 Å². The van der Waals surface area contributed by atoms with Crippen molar-refractivity contribution in [3.05, 3.63) is 89.0 Å². The molecule has 0 unspecified atom stereocenters. The highest BCUT2D eigenvalue weighted by molar-refractivity contribution is 5.89. The molecule has 3 aromatic carbocycles. The summed E-state index contributed by atoms with van der Waals surface area (Å²) in [5.74, 6) is 1.84. The number of para-hydroxylation sites is 1. The molecular weight excluding hydrogens is 426 g/mol. The molecule has 5 heteroatoms. The van der Waals surface area contributed by atoms with Gasteiger partial charge in [0.05, 0.1) is 13.0 Å². The van der Waals surface area contributed by atoms with Crippen molar-refractivity contribution in [2.24, 2.45) is 5.73 Å². The third kappa shape index (κ3) is 4.70. The number of hydrogen-bond donors (Lipinski definition) is 1. The maximum absolute atomic E-state index is 12.0. The van der Waals surface area contributed by atoms with E-state index < -0.39 is 0 Å². The normalized spacial score (nSPS) is 13.2. The number of fused-ring (bicyclic) bond motifs is 1. The lowest BCUT2D eigenvalue weighted by Crippen LogP contribution is -2.09. The van der Waals surface area contributed by atoms with Gasteiger partial charge < -0.3 is 19.6 Å². The lowest BCUT2D eigenvalue weighted by atomic mass is 10.0. The molecule has 0 amide bonds. The van der Waals surface area contributed by atoms with Crippen LogP contribution < -0.4 is 10.5 Å². The first-order valence-corrected chi connectivity index (χ1v) is 11.9. The topological polar surface area (TPSA) is 74.7 Å². The quantitative estimate of drug-likeness (QED) is 0.308. The summed E-state index contributed by atoms with van der Waals surface area (Å²) in [5.41, 5.74) is 12.0. The Hall–Kier alpha value is -3.57. The van der Waals surface area contributed by atoms with Crippen LogP contribution in [0.1, 0.15) is 47.9 Å². The maximum Gasteiger partial charge on any atom is 0.310 e. The lowest BCUT2D eigenvalue weighted by molar-refractivity contribution is -0.142. The van der Waals surface area contributed by atoms with E-state index in [2.05, 4.69) is 30.3 Å². The number of carbonyl (C=O) groups is 1. The van der Waals surface area contributed by atoms with E-state index in [0.29, 0.717) is 31.4 Å². The third-order valence-electron chi connectivity index (χ3n) is 6.26. The van der Waals surface area contributed by atoms with Crippen LogP contribution in [0.3, 0.4) is 0 Å². The van der Waals surface area contributed by atoms with E-state index in [1.54, 1.807) is 0 Å². The summed E-state index contributed by atoms with van der Waals surface area (Å²) in [4.78, 5) is 12.0. The smallest absolute Gasteiger partial charge is 0.310 e. The van der Waals surface area contributed by atoms with Gasteiger partial charge in [-0.1, -0.05) is 48.5 Å². The Morgan fingerprint density at radius 1 is 1.03 bits per heavy atom. The van der Waals surface area contributed by atoms with Crippen LogP contribution in [-0.2, 0) is 29.1 Å². The SMILES string of the molecule is CCOC(=O)Cc1ccccc1OCc1ccc(C2CC2)c2oc(-c3cccc(CN)c3)cc12. The highest BCUT2D eigenvalue weighted by Gasteiger charge is 2.28. The van der Waals surface area contributed by atoms with E-state index in [1.807, 2.05) is 43.3 Å². The fourth-order valence-corrected chi connectivity index (χ4v) is 4.35. The average Bonchev–Trinajstić information content (AvgIpc) is 3.60. The second-order valence-electron chi connectivity index (χ2n) is 8.72. The average molecular weight is 456 g/mol. The summed E-state index contributed by atoms with van der Waals surface area (Å²) in [6.07, 6.45) is 2.59. The predicted molar refractivity (Wildman–Crippen MR) is 133 cm³/mol. The minimum absolute atomic E-state index is 0.188. The zero-order valence-electron chi connectivity index (χ0n) is 19.4. The molecule has 0 saturated heterocycles. The minimum Gasteiger partial charge on any atom is -0.489 e. The molecule has 1 heterocycles. The van der Waals surface area contributed by atoms with Gasteiger partial charge in [-0.05, 0) is 55.0 Å². The molecule has 4 aromatic rings. The number of carbonyl (C=O) groups excluding carboxylic acids is 1. The van der Waals surface area contributed by atoms with E-state index in [0.717, 1.165) is 39.0 Å². The van der Waals surface area contributed by atoms with Crippen molar-refractivity contribution < 1.29 is 18.7 Å². The van der Waals surface area contributed by atoms with Gasteiger partial charge >= 0.3 is 5.97 Å². The molecule has 34 heavy (non-hydrogen) atoms. The van der Waals surface area contributed by atoms with Crippen LogP contribution in [0.4, 0.5) is 0 Å². The largest absolute Gasteiger partial charge is 0.489 e. The van der Waals surface area contributed by atoms with Crippen LogP contribution in [0, 0.1) is 0 Å². The molecule has 1 saturated carbocycles. The molecule has 0 atom stereocenters. The van der Waals surface area contributed by atoms with E-state index in [1.165, 1.54) is 18.4 Å². The van der Waals surface area contributed by atoms with Crippen LogP contribution in [0.5, 0.6) is 5.75 Å². The van der Waals surface area contributed by atoms with Gasteiger partial charge in [0.2, 0.25) is 0 Å². The first-order chi connectivity index (χ1) is 16.7. The Balaban J connectivity index is 1.46. The van der Waals surface area contributed by atoms with E-state index >= 15 is 0 Å². The van der Waals surface area contributed by atoms with Crippen molar-refractivity contribution >= 4 is 16.9 Å². The van der Waals surface area contributed by atoms with Gasteiger partial charge in [0, 0.05) is 28.6 Å². The molecule has 1 aliphatic carbocycles. The van der Waals surface area contributed by atoms with Gasteiger partial charge in [0.15, 0.2) is 0 Å². The Morgan fingerprint density at radius 3 is 2.68 bits per heavy atom. The fraction of sp³-hybridized carbons (Fsp3) is 0.276. The standard InChI is InChI=1S/C29H29NO4/c1-2-32-28(31)15-22-7-3-4-9-26(22)33-18-23-12-13-24(20-10-11-20)29-25(23)16-27(34-29)21-8-5-6-19(14-21)17-30/h3-9,12-14,16,20H,2,10-11,15,17-18,30H2,1H3. The third-order valence-corrected chi connectivity index (χ3v) is 6.26. The molecule has 0 radical (unpaired) electrons. The Bertz CT molecular complexity index is 1320. The van der Waals surface area contributed by atoms with Crippen molar-refractivity contribution in [2.75, 3.05) is 6.61 Å². The zero-order valence-corrected chi connectivity index (χ0v) is 19.4. The Labute approximate surface area is 199 Å². The molecule has 1 aliphatic rings. The Morgan fingerprint density at radius 2 is 1.88 bits per heavy atom. The van der Waals surface area contributed by atoms with Crippen LogP contribution in [-0.4, -0.2) is 12.6 Å². The molecule has 5 nitrogen and oxygen atoms in total. The van der Waals surface area contributed by atoms with Gasteiger partial charge in [-0.2, -0.15) is 0 Å². The van der Waals surface area contributed by atoms with Gasteiger partial charge in [0.1, 0.15) is 23.7 Å².